The lowest BCUT2D eigenvalue weighted by molar-refractivity contribution is 0.174. The summed E-state index contributed by atoms with van der Waals surface area (Å²) < 4.78 is 15.7. The van der Waals surface area contributed by atoms with Crippen LogP contribution in [0.15, 0.2) is 24.3 Å². The lowest BCUT2D eigenvalue weighted by Gasteiger charge is -2.06. The summed E-state index contributed by atoms with van der Waals surface area (Å²) in [5, 5.41) is 0. The monoisotopic (exact) mass is 192 g/mol. The van der Waals surface area contributed by atoms with E-state index >= 15 is 0 Å². The van der Waals surface area contributed by atoms with Crippen molar-refractivity contribution in [3.05, 3.63) is 29.8 Å². The van der Waals surface area contributed by atoms with Crippen LogP contribution in [0.25, 0.3) is 5.76 Å². The van der Waals surface area contributed by atoms with Crippen LogP contribution in [0.5, 0.6) is 11.5 Å². The van der Waals surface area contributed by atoms with Gasteiger partial charge >= 0.3 is 0 Å². The molecule has 1 aromatic rings. The molecule has 3 heteroatoms. The number of fused-ring (bicyclic) bond motifs is 1. The quantitative estimate of drug-likeness (QED) is 0.673. The molecule has 0 radical (unpaired) electrons. The van der Waals surface area contributed by atoms with Crippen molar-refractivity contribution in [3.63, 3.8) is 0 Å². The van der Waals surface area contributed by atoms with Gasteiger partial charge in [0.1, 0.15) is 5.76 Å². The molecule has 0 atom stereocenters. The molecule has 0 aromatic heterocycles. The first-order valence-electron chi connectivity index (χ1n) is 4.45. The molecule has 14 heavy (non-hydrogen) atoms. The summed E-state index contributed by atoms with van der Waals surface area (Å²) in [6.45, 7) is 2.24. The molecular formula is C11H12O3. The molecule has 0 spiro atoms. The highest BCUT2D eigenvalue weighted by atomic mass is 16.7. The summed E-state index contributed by atoms with van der Waals surface area (Å²) in [5.74, 6) is 2.41. The van der Waals surface area contributed by atoms with E-state index in [1.807, 2.05) is 31.2 Å². The van der Waals surface area contributed by atoms with Crippen LogP contribution >= 0.6 is 0 Å². The standard InChI is InChI=1S/C11H12O3/c1-3-9(12-2)8-4-5-10-11(6-8)14-7-13-10/h3-6H,7H2,1-2H3. The fourth-order valence-electron chi connectivity index (χ4n) is 1.45. The van der Waals surface area contributed by atoms with Gasteiger partial charge in [0.05, 0.1) is 7.11 Å². The van der Waals surface area contributed by atoms with Crippen LogP contribution in [0.4, 0.5) is 0 Å². The van der Waals surface area contributed by atoms with Crippen molar-refractivity contribution in [1.29, 1.82) is 0 Å². The molecule has 0 bridgehead atoms. The minimum atomic E-state index is 0.303. The van der Waals surface area contributed by atoms with E-state index in [0.717, 1.165) is 22.8 Å². The lowest BCUT2D eigenvalue weighted by Crippen LogP contribution is -1.93. The molecule has 1 aromatic carbocycles. The second kappa shape index (κ2) is 3.62. The molecule has 0 N–H and O–H groups in total. The van der Waals surface area contributed by atoms with Crippen molar-refractivity contribution < 1.29 is 14.2 Å². The largest absolute Gasteiger partial charge is 0.496 e. The molecule has 0 unspecified atom stereocenters. The smallest absolute Gasteiger partial charge is 0.231 e. The van der Waals surface area contributed by atoms with Crippen molar-refractivity contribution in [2.24, 2.45) is 0 Å². The molecule has 74 valence electrons. The maximum absolute atomic E-state index is 5.27. The van der Waals surface area contributed by atoms with Gasteiger partial charge in [0.15, 0.2) is 11.5 Å². The Morgan fingerprint density at radius 1 is 1.36 bits per heavy atom. The van der Waals surface area contributed by atoms with Crippen LogP contribution < -0.4 is 9.47 Å². The first-order valence-corrected chi connectivity index (χ1v) is 4.45. The third kappa shape index (κ3) is 1.41. The van der Waals surface area contributed by atoms with Crippen LogP contribution in [-0.4, -0.2) is 13.9 Å². The number of methoxy groups -OCH3 is 1. The normalized spacial score (nSPS) is 14.3. The Morgan fingerprint density at radius 3 is 2.86 bits per heavy atom. The molecule has 0 aliphatic carbocycles. The summed E-state index contributed by atoms with van der Waals surface area (Å²) in [6.07, 6.45) is 1.91. The Kier molecular flexibility index (Phi) is 2.31. The Labute approximate surface area is 82.9 Å². The zero-order valence-electron chi connectivity index (χ0n) is 8.24. The summed E-state index contributed by atoms with van der Waals surface area (Å²) in [6, 6.07) is 5.76. The van der Waals surface area contributed by atoms with Gasteiger partial charge in [-0.3, -0.25) is 0 Å². The van der Waals surface area contributed by atoms with E-state index in [1.54, 1.807) is 7.11 Å². The highest BCUT2D eigenvalue weighted by molar-refractivity contribution is 5.63. The van der Waals surface area contributed by atoms with Gasteiger partial charge in [-0.2, -0.15) is 0 Å². The van der Waals surface area contributed by atoms with Crippen LogP contribution in [-0.2, 0) is 4.74 Å². The zero-order valence-corrected chi connectivity index (χ0v) is 8.24. The van der Waals surface area contributed by atoms with E-state index < -0.39 is 0 Å². The number of rotatable bonds is 2. The Balaban J connectivity index is 2.37. The second-order valence-corrected chi connectivity index (χ2v) is 2.93. The first-order chi connectivity index (χ1) is 6.85. The van der Waals surface area contributed by atoms with Crippen LogP contribution in [0.2, 0.25) is 0 Å². The molecule has 1 aliphatic rings. The Bertz CT molecular complexity index is 369. The molecule has 0 saturated carbocycles. The fourth-order valence-corrected chi connectivity index (χ4v) is 1.45. The predicted molar refractivity (Wildman–Crippen MR) is 53.2 cm³/mol. The van der Waals surface area contributed by atoms with E-state index in [9.17, 15) is 0 Å². The van der Waals surface area contributed by atoms with Gasteiger partial charge in [0.2, 0.25) is 6.79 Å². The molecule has 3 nitrogen and oxygen atoms in total. The first kappa shape index (κ1) is 8.94. The zero-order chi connectivity index (χ0) is 9.97. The summed E-state index contributed by atoms with van der Waals surface area (Å²) >= 11 is 0. The van der Waals surface area contributed by atoms with Crippen LogP contribution in [0.3, 0.4) is 0 Å². The summed E-state index contributed by atoms with van der Waals surface area (Å²) in [7, 11) is 1.65. The maximum atomic E-state index is 5.27. The molecular weight excluding hydrogens is 180 g/mol. The van der Waals surface area contributed by atoms with Crippen LogP contribution in [0.1, 0.15) is 12.5 Å². The molecule has 0 saturated heterocycles. The van der Waals surface area contributed by atoms with Crippen molar-refractivity contribution in [3.8, 4) is 11.5 Å². The number of allylic oxidation sites excluding steroid dienone is 1. The third-order valence-corrected chi connectivity index (χ3v) is 2.14. The Hall–Kier alpha value is -1.64. The Morgan fingerprint density at radius 2 is 2.14 bits per heavy atom. The maximum Gasteiger partial charge on any atom is 0.231 e. The summed E-state index contributed by atoms with van der Waals surface area (Å²) in [5.41, 5.74) is 0.999. The van der Waals surface area contributed by atoms with E-state index in [0.29, 0.717) is 6.79 Å². The minimum absolute atomic E-state index is 0.303. The van der Waals surface area contributed by atoms with Gasteiger partial charge in [-0.25, -0.2) is 0 Å². The average molecular weight is 192 g/mol. The van der Waals surface area contributed by atoms with Gasteiger partial charge in [0.25, 0.3) is 0 Å². The van der Waals surface area contributed by atoms with Crippen molar-refractivity contribution >= 4 is 5.76 Å². The highest BCUT2D eigenvalue weighted by Gasteiger charge is 2.14. The fraction of sp³-hybridized carbons (Fsp3) is 0.273. The van der Waals surface area contributed by atoms with E-state index in [4.69, 9.17) is 14.2 Å². The average Bonchev–Trinajstić information content (AvgIpc) is 2.66. The van der Waals surface area contributed by atoms with E-state index in [-0.39, 0.29) is 0 Å². The molecule has 0 amide bonds. The van der Waals surface area contributed by atoms with E-state index in [2.05, 4.69) is 0 Å². The van der Waals surface area contributed by atoms with Gasteiger partial charge in [-0.05, 0) is 31.2 Å². The van der Waals surface area contributed by atoms with Crippen molar-refractivity contribution in [2.75, 3.05) is 13.9 Å². The number of hydrogen-bond acceptors (Lipinski definition) is 3. The highest BCUT2D eigenvalue weighted by Crippen LogP contribution is 2.34. The number of hydrogen-bond donors (Lipinski definition) is 0. The SMILES string of the molecule is CC=C(OC)c1ccc2c(c1)OCO2. The molecule has 0 fully saturated rings. The molecule has 1 aliphatic heterocycles. The molecule has 2 rings (SSSR count). The second-order valence-electron chi connectivity index (χ2n) is 2.93. The van der Waals surface area contributed by atoms with Gasteiger partial charge in [-0.1, -0.05) is 0 Å². The van der Waals surface area contributed by atoms with Crippen LogP contribution in [0, 0.1) is 0 Å². The predicted octanol–water partition coefficient (Wildman–Crippen LogP) is 2.42. The lowest BCUT2D eigenvalue weighted by atomic mass is 10.1. The topological polar surface area (TPSA) is 27.7 Å². The summed E-state index contributed by atoms with van der Waals surface area (Å²) in [4.78, 5) is 0. The number of ether oxygens (including phenoxy) is 3. The van der Waals surface area contributed by atoms with E-state index in [1.165, 1.54) is 0 Å². The van der Waals surface area contributed by atoms with Gasteiger partial charge in [0, 0.05) is 5.56 Å². The van der Waals surface area contributed by atoms with Gasteiger partial charge < -0.3 is 14.2 Å². The van der Waals surface area contributed by atoms with Crippen molar-refractivity contribution in [2.45, 2.75) is 6.92 Å². The molecule has 1 heterocycles. The minimum Gasteiger partial charge on any atom is -0.496 e. The third-order valence-electron chi connectivity index (χ3n) is 2.14. The van der Waals surface area contributed by atoms with Crippen molar-refractivity contribution in [1.82, 2.24) is 0 Å². The van der Waals surface area contributed by atoms with Gasteiger partial charge in [-0.15, -0.1) is 0 Å². The number of benzene rings is 1.